The van der Waals surface area contributed by atoms with Crippen LogP contribution in [0.2, 0.25) is 0 Å². The van der Waals surface area contributed by atoms with Crippen LogP contribution in [-0.4, -0.2) is 23.1 Å². The Hall–Kier alpha value is -1.29. The van der Waals surface area contributed by atoms with Crippen molar-refractivity contribution in [3.63, 3.8) is 0 Å². The van der Waals surface area contributed by atoms with Gasteiger partial charge >= 0.3 is 0 Å². The van der Waals surface area contributed by atoms with Gasteiger partial charge in [-0.15, -0.1) is 0 Å². The maximum Gasteiger partial charge on any atom is 0.187 e. The largest absolute Gasteiger partial charge is 0.348 e. The molecule has 0 aliphatic carbocycles. The predicted octanol–water partition coefficient (Wildman–Crippen LogP) is 2.23. The van der Waals surface area contributed by atoms with Crippen LogP contribution in [0.3, 0.4) is 0 Å². The second-order valence-electron chi connectivity index (χ2n) is 3.09. The lowest BCUT2D eigenvalue weighted by atomic mass is 10.3. The molecule has 0 saturated heterocycles. The van der Waals surface area contributed by atoms with Gasteiger partial charge in [-0.3, -0.25) is 10.9 Å². The lowest BCUT2D eigenvalue weighted by Crippen LogP contribution is -2.42. The third-order valence-corrected chi connectivity index (χ3v) is 2.50. The zero-order chi connectivity index (χ0) is 11.1. The molecule has 0 amide bonds. The summed E-state index contributed by atoms with van der Waals surface area (Å²) >= 11 is 5.23. The van der Waals surface area contributed by atoms with Crippen molar-refractivity contribution in [1.82, 2.24) is 10.3 Å². The van der Waals surface area contributed by atoms with E-state index in [4.69, 9.17) is 12.2 Å². The van der Waals surface area contributed by atoms with Gasteiger partial charge in [0.05, 0.1) is 5.69 Å². The van der Waals surface area contributed by atoms with Gasteiger partial charge in [-0.1, -0.05) is 18.2 Å². The smallest absolute Gasteiger partial charge is 0.187 e. The third kappa shape index (κ3) is 3.75. The summed E-state index contributed by atoms with van der Waals surface area (Å²) < 4.78 is 0. The van der Waals surface area contributed by atoms with Gasteiger partial charge in [0.2, 0.25) is 0 Å². The highest BCUT2D eigenvalue weighted by atomic mass is 32.1. The summed E-state index contributed by atoms with van der Waals surface area (Å²) in [6, 6.07) is 9.90. The van der Waals surface area contributed by atoms with Crippen LogP contribution in [0.1, 0.15) is 13.8 Å². The number of benzene rings is 1. The first-order valence-corrected chi connectivity index (χ1v) is 5.54. The molecule has 15 heavy (non-hydrogen) atoms. The van der Waals surface area contributed by atoms with E-state index in [0.29, 0.717) is 0 Å². The highest BCUT2D eigenvalue weighted by Crippen LogP contribution is 2.02. The molecule has 0 spiro atoms. The summed E-state index contributed by atoms with van der Waals surface area (Å²) in [5.74, 6) is 0. The van der Waals surface area contributed by atoms with Crippen LogP contribution >= 0.6 is 12.2 Å². The fourth-order valence-electron chi connectivity index (χ4n) is 1.24. The van der Waals surface area contributed by atoms with Crippen LogP contribution in [0.15, 0.2) is 30.3 Å². The summed E-state index contributed by atoms with van der Waals surface area (Å²) in [5, 5.41) is 0.726. The van der Waals surface area contributed by atoms with Gasteiger partial charge in [-0.2, -0.15) is 0 Å². The third-order valence-electron chi connectivity index (χ3n) is 2.14. The normalized spacial score (nSPS) is 9.47. The van der Waals surface area contributed by atoms with E-state index >= 15 is 0 Å². The van der Waals surface area contributed by atoms with Crippen molar-refractivity contribution in [2.75, 3.05) is 18.5 Å². The molecule has 0 unspecified atom stereocenters. The molecule has 0 heterocycles. The van der Waals surface area contributed by atoms with Crippen molar-refractivity contribution in [2.24, 2.45) is 0 Å². The number of thiocarbonyl (C=S) groups is 1. The minimum absolute atomic E-state index is 0.726. The molecule has 82 valence electrons. The summed E-state index contributed by atoms with van der Waals surface area (Å²) in [5.41, 5.74) is 7.08. The monoisotopic (exact) mass is 223 g/mol. The predicted molar refractivity (Wildman–Crippen MR) is 68.7 cm³/mol. The molecule has 4 heteroatoms. The molecule has 0 fully saturated rings. The number of nitrogens with one attached hydrogen (secondary N) is 2. The molecule has 0 atom stereocenters. The van der Waals surface area contributed by atoms with E-state index in [9.17, 15) is 0 Å². The summed E-state index contributed by atoms with van der Waals surface area (Å²) in [6.45, 7) is 6.00. The van der Waals surface area contributed by atoms with Crippen molar-refractivity contribution >= 4 is 23.0 Å². The zero-order valence-corrected chi connectivity index (χ0v) is 9.97. The first kappa shape index (κ1) is 11.8. The first-order valence-electron chi connectivity index (χ1n) is 5.14. The van der Waals surface area contributed by atoms with Crippen LogP contribution in [0.25, 0.3) is 0 Å². The molecule has 1 aromatic carbocycles. The maximum absolute atomic E-state index is 5.23. The first-order chi connectivity index (χ1) is 7.27. The number of hydrogen-bond donors (Lipinski definition) is 2. The topological polar surface area (TPSA) is 27.3 Å². The average molecular weight is 223 g/mol. The van der Waals surface area contributed by atoms with Gasteiger partial charge in [-0.25, -0.2) is 0 Å². The number of para-hydroxylation sites is 1. The van der Waals surface area contributed by atoms with Crippen LogP contribution in [0.5, 0.6) is 0 Å². The Morgan fingerprint density at radius 2 is 1.80 bits per heavy atom. The Labute approximate surface area is 96.4 Å². The summed E-state index contributed by atoms with van der Waals surface area (Å²) in [6.07, 6.45) is 0. The Morgan fingerprint density at radius 1 is 1.20 bits per heavy atom. The number of nitrogens with zero attached hydrogens (tertiary/aromatic N) is 1. The molecule has 0 saturated carbocycles. The molecule has 0 aliphatic heterocycles. The van der Waals surface area contributed by atoms with E-state index in [1.807, 2.05) is 30.3 Å². The minimum Gasteiger partial charge on any atom is -0.348 e. The second kappa shape index (κ2) is 6.24. The number of rotatable bonds is 4. The van der Waals surface area contributed by atoms with Gasteiger partial charge in [0.15, 0.2) is 5.11 Å². The molecule has 3 nitrogen and oxygen atoms in total. The van der Waals surface area contributed by atoms with Gasteiger partial charge in [0.25, 0.3) is 0 Å². The van der Waals surface area contributed by atoms with E-state index in [1.165, 1.54) is 0 Å². The van der Waals surface area contributed by atoms with Crippen molar-refractivity contribution in [3.8, 4) is 0 Å². The zero-order valence-electron chi connectivity index (χ0n) is 9.16. The van der Waals surface area contributed by atoms with E-state index in [1.54, 1.807) is 0 Å². The lowest BCUT2D eigenvalue weighted by Gasteiger charge is -2.22. The highest BCUT2D eigenvalue weighted by molar-refractivity contribution is 7.80. The Bertz CT molecular complexity index is 296. The molecule has 0 aromatic heterocycles. The van der Waals surface area contributed by atoms with Crippen molar-refractivity contribution < 1.29 is 0 Å². The van der Waals surface area contributed by atoms with Gasteiger partial charge in [0.1, 0.15) is 0 Å². The van der Waals surface area contributed by atoms with Crippen molar-refractivity contribution in [3.05, 3.63) is 30.3 Å². The fourth-order valence-corrected chi connectivity index (χ4v) is 1.55. The summed E-state index contributed by atoms with van der Waals surface area (Å²) in [7, 11) is 0. The number of hydrogen-bond acceptors (Lipinski definition) is 2. The second-order valence-corrected chi connectivity index (χ2v) is 3.48. The van der Waals surface area contributed by atoms with E-state index in [2.05, 4.69) is 29.6 Å². The average Bonchev–Trinajstić information content (AvgIpc) is 2.29. The highest BCUT2D eigenvalue weighted by Gasteiger charge is 2.02. The molecular weight excluding hydrogens is 206 g/mol. The standard InChI is InChI=1S/C11H17N3S/c1-3-14(4-2)11(15)13-12-10-8-6-5-7-9-10/h5-9,12H,3-4H2,1-2H3,(H,13,15). The van der Waals surface area contributed by atoms with Gasteiger partial charge in [-0.05, 0) is 38.2 Å². The van der Waals surface area contributed by atoms with E-state index in [0.717, 1.165) is 23.9 Å². The van der Waals surface area contributed by atoms with E-state index in [-0.39, 0.29) is 0 Å². The van der Waals surface area contributed by atoms with Gasteiger partial charge < -0.3 is 4.90 Å². The molecule has 2 N–H and O–H groups in total. The van der Waals surface area contributed by atoms with Crippen molar-refractivity contribution in [1.29, 1.82) is 0 Å². The Balaban J connectivity index is 2.40. The molecule has 1 aromatic rings. The number of hydrazine groups is 1. The molecule has 1 rings (SSSR count). The fraction of sp³-hybridized carbons (Fsp3) is 0.364. The lowest BCUT2D eigenvalue weighted by molar-refractivity contribution is 0.460. The maximum atomic E-state index is 5.23. The SMILES string of the molecule is CCN(CC)C(=S)NNc1ccccc1. The Kier molecular flexibility index (Phi) is 4.90. The van der Waals surface area contributed by atoms with E-state index < -0.39 is 0 Å². The molecule has 0 aliphatic rings. The minimum atomic E-state index is 0.726. The van der Waals surface area contributed by atoms with Crippen LogP contribution in [0, 0.1) is 0 Å². The van der Waals surface area contributed by atoms with Gasteiger partial charge in [0, 0.05) is 13.1 Å². The quantitative estimate of drug-likeness (QED) is 0.604. The molecular formula is C11H17N3S. The number of anilines is 1. The Morgan fingerprint density at radius 3 is 2.33 bits per heavy atom. The van der Waals surface area contributed by atoms with Crippen molar-refractivity contribution in [2.45, 2.75) is 13.8 Å². The molecule has 0 radical (unpaired) electrons. The van der Waals surface area contributed by atoms with Crippen LogP contribution in [-0.2, 0) is 0 Å². The molecule has 0 bridgehead atoms. The summed E-state index contributed by atoms with van der Waals surface area (Å²) in [4.78, 5) is 2.07. The van der Waals surface area contributed by atoms with Crippen LogP contribution in [0.4, 0.5) is 5.69 Å². The van der Waals surface area contributed by atoms with Crippen LogP contribution < -0.4 is 10.9 Å².